The zero-order chi connectivity index (χ0) is 13.1. The first-order valence-electron chi connectivity index (χ1n) is 4.65. The lowest BCUT2D eigenvalue weighted by molar-refractivity contribution is -0.384. The summed E-state index contributed by atoms with van der Waals surface area (Å²) in [5, 5.41) is 28.0. The Hall–Kier alpha value is -2.97. The molecule has 0 unspecified atom stereocenters. The molecule has 0 bridgehead atoms. The van der Waals surface area contributed by atoms with Crippen LogP contribution in [-0.4, -0.2) is 26.3 Å². The minimum Gasteiger partial charge on any atom is -0.465 e. The van der Waals surface area contributed by atoms with Gasteiger partial charge in [0.1, 0.15) is 5.56 Å². The van der Waals surface area contributed by atoms with Gasteiger partial charge in [-0.1, -0.05) is 17.2 Å². The first-order valence-corrected chi connectivity index (χ1v) is 4.65. The summed E-state index contributed by atoms with van der Waals surface area (Å²) in [6.45, 7) is 0. The molecule has 0 aliphatic heterocycles. The lowest BCUT2D eigenvalue weighted by atomic mass is 10.2. The molecule has 18 heavy (non-hydrogen) atoms. The summed E-state index contributed by atoms with van der Waals surface area (Å²) in [5.74, 6) is -0.133. The summed E-state index contributed by atoms with van der Waals surface area (Å²) in [6.07, 6.45) is -1.37. The molecule has 9 heteroatoms. The number of anilines is 1. The van der Waals surface area contributed by atoms with Gasteiger partial charge in [0.15, 0.2) is 0 Å². The van der Waals surface area contributed by atoms with E-state index < -0.39 is 11.0 Å². The molecule has 0 saturated heterocycles. The van der Waals surface area contributed by atoms with Gasteiger partial charge < -0.3 is 9.52 Å². The Morgan fingerprint density at radius 3 is 2.78 bits per heavy atom. The third-order valence-corrected chi connectivity index (χ3v) is 1.97. The van der Waals surface area contributed by atoms with Crippen LogP contribution >= 0.6 is 0 Å². The fourth-order valence-electron chi connectivity index (χ4n) is 1.29. The van der Waals surface area contributed by atoms with E-state index in [4.69, 9.17) is 9.52 Å². The van der Waals surface area contributed by atoms with Crippen molar-refractivity contribution in [3.05, 3.63) is 34.4 Å². The maximum atomic E-state index is 10.8. The second-order valence-electron chi connectivity index (χ2n) is 3.12. The molecule has 1 aromatic carbocycles. The summed E-state index contributed by atoms with van der Waals surface area (Å²) in [5.41, 5.74) is -0.0866. The van der Waals surface area contributed by atoms with Crippen LogP contribution in [0.5, 0.6) is 0 Å². The number of nitro benzene ring substituents is 1. The number of hydrogen-bond donors (Lipinski definition) is 2. The monoisotopic (exact) mass is 250 g/mol. The molecule has 0 saturated carbocycles. The molecule has 2 rings (SSSR count). The summed E-state index contributed by atoms with van der Waals surface area (Å²) >= 11 is 0. The normalized spacial score (nSPS) is 10.0. The fourth-order valence-corrected chi connectivity index (χ4v) is 1.29. The number of nitro groups is 1. The maximum Gasteiger partial charge on any atom is 0.412 e. The van der Waals surface area contributed by atoms with E-state index in [2.05, 4.69) is 10.2 Å². The van der Waals surface area contributed by atoms with Gasteiger partial charge in [-0.25, -0.2) is 10.1 Å². The fraction of sp³-hybridized carbons (Fsp3) is 0. The van der Waals surface area contributed by atoms with Gasteiger partial charge in [-0.3, -0.25) is 10.1 Å². The smallest absolute Gasteiger partial charge is 0.412 e. The van der Waals surface area contributed by atoms with E-state index in [-0.39, 0.29) is 23.2 Å². The number of benzene rings is 1. The Morgan fingerprint density at radius 1 is 1.39 bits per heavy atom. The first-order chi connectivity index (χ1) is 8.58. The zero-order valence-electron chi connectivity index (χ0n) is 8.73. The lowest BCUT2D eigenvalue weighted by Crippen LogP contribution is -2.07. The minimum atomic E-state index is -1.37. The number of hydrogen-bond acceptors (Lipinski definition) is 6. The van der Waals surface area contributed by atoms with Crippen LogP contribution in [-0.2, 0) is 0 Å². The molecular weight excluding hydrogens is 244 g/mol. The van der Waals surface area contributed by atoms with Crippen molar-refractivity contribution in [2.75, 3.05) is 5.32 Å². The molecule has 1 amide bonds. The molecule has 9 nitrogen and oxygen atoms in total. The Labute approximate surface area is 99.2 Å². The number of rotatable bonds is 3. The SMILES string of the molecule is O=C(O)Nc1nnc(-c2ccccc2[N+](=O)[O-])o1. The molecule has 0 spiro atoms. The van der Waals surface area contributed by atoms with E-state index in [0.29, 0.717) is 0 Å². The van der Waals surface area contributed by atoms with Crippen LogP contribution in [0.4, 0.5) is 16.5 Å². The van der Waals surface area contributed by atoms with Gasteiger partial charge in [0.05, 0.1) is 4.92 Å². The van der Waals surface area contributed by atoms with E-state index in [1.165, 1.54) is 18.2 Å². The van der Waals surface area contributed by atoms with Gasteiger partial charge >= 0.3 is 12.1 Å². The summed E-state index contributed by atoms with van der Waals surface area (Å²) < 4.78 is 4.95. The number of carbonyl (C=O) groups is 1. The van der Waals surface area contributed by atoms with Crippen molar-refractivity contribution < 1.29 is 19.2 Å². The van der Waals surface area contributed by atoms with Crippen molar-refractivity contribution in [2.24, 2.45) is 0 Å². The quantitative estimate of drug-likeness (QED) is 0.626. The van der Waals surface area contributed by atoms with Crippen molar-refractivity contribution in [2.45, 2.75) is 0 Å². The van der Waals surface area contributed by atoms with Crippen molar-refractivity contribution in [1.29, 1.82) is 0 Å². The Bertz CT molecular complexity index is 609. The average molecular weight is 250 g/mol. The molecule has 0 radical (unpaired) electrons. The molecule has 2 N–H and O–H groups in total. The van der Waals surface area contributed by atoms with Crippen LogP contribution < -0.4 is 5.32 Å². The maximum absolute atomic E-state index is 10.8. The van der Waals surface area contributed by atoms with Crippen molar-refractivity contribution in [3.8, 4) is 11.5 Å². The van der Waals surface area contributed by atoms with Crippen molar-refractivity contribution in [3.63, 3.8) is 0 Å². The molecule has 0 aliphatic carbocycles. The number of aromatic nitrogens is 2. The predicted octanol–water partition coefficient (Wildman–Crippen LogP) is 1.73. The molecule has 2 aromatic rings. The highest BCUT2D eigenvalue weighted by atomic mass is 16.6. The van der Waals surface area contributed by atoms with E-state index >= 15 is 0 Å². The van der Waals surface area contributed by atoms with E-state index in [1.807, 2.05) is 5.32 Å². The summed E-state index contributed by atoms with van der Waals surface area (Å²) in [6, 6.07) is 5.42. The number of amides is 1. The molecule has 1 heterocycles. The second-order valence-corrected chi connectivity index (χ2v) is 3.12. The van der Waals surface area contributed by atoms with Crippen molar-refractivity contribution >= 4 is 17.8 Å². The molecule has 0 fully saturated rings. The van der Waals surface area contributed by atoms with E-state index in [9.17, 15) is 14.9 Å². The minimum absolute atomic E-state index is 0.119. The third-order valence-electron chi connectivity index (χ3n) is 1.97. The highest BCUT2D eigenvalue weighted by molar-refractivity contribution is 5.80. The molecule has 1 aromatic heterocycles. The Kier molecular flexibility index (Phi) is 2.87. The average Bonchev–Trinajstić information content (AvgIpc) is 2.76. The largest absolute Gasteiger partial charge is 0.465 e. The van der Waals surface area contributed by atoms with Crippen LogP contribution in [0, 0.1) is 10.1 Å². The Balaban J connectivity index is 2.40. The lowest BCUT2D eigenvalue weighted by Gasteiger charge is -1.96. The predicted molar refractivity (Wildman–Crippen MR) is 58.0 cm³/mol. The van der Waals surface area contributed by atoms with E-state index in [1.54, 1.807) is 6.07 Å². The topological polar surface area (TPSA) is 131 Å². The number of nitrogens with zero attached hydrogens (tertiary/aromatic N) is 3. The van der Waals surface area contributed by atoms with Gasteiger partial charge in [-0.15, -0.1) is 5.10 Å². The summed E-state index contributed by atoms with van der Waals surface area (Å²) in [7, 11) is 0. The molecular formula is C9H6N4O5. The first kappa shape index (κ1) is 11.5. The summed E-state index contributed by atoms with van der Waals surface area (Å²) in [4.78, 5) is 20.5. The van der Waals surface area contributed by atoms with Crippen LogP contribution in [0.1, 0.15) is 0 Å². The molecule has 92 valence electrons. The second kappa shape index (κ2) is 4.49. The van der Waals surface area contributed by atoms with Gasteiger partial charge in [-0.05, 0) is 6.07 Å². The number of para-hydroxylation sites is 1. The standard InChI is InChI=1S/C9H6N4O5/c14-9(15)10-8-12-11-7(18-8)5-3-1-2-4-6(5)13(16)17/h1-4H,(H,10,12)(H,14,15). The zero-order valence-corrected chi connectivity index (χ0v) is 8.73. The molecule has 0 aliphatic rings. The van der Waals surface area contributed by atoms with E-state index in [0.717, 1.165) is 0 Å². The third kappa shape index (κ3) is 2.24. The van der Waals surface area contributed by atoms with Gasteiger partial charge in [0.2, 0.25) is 0 Å². The van der Waals surface area contributed by atoms with Gasteiger partial charge in [0, 0.05) is 6.07 Å². The van der Waals surface area contributed by atoms with Crippen molar-refractivity contribution in [1.82, 2.24) is 10.2 Å². The van der Waals surface area contributed by atoms with Crippen LogP contribution in [0.25, 0.3) is 11.5 Å². The van der Waals surface area contributed by atoms with Crippen LogP contribution in [0.2, 0.25) is 0 Å². The Morgan fingerprint density at radius 2 is 2.11 bits per heavy atom. The van der Waals surface area contributed by atoms with Gasteiger partial charge in [0.25, 0.3) is 11.6 Å². The van der Waals surface area contributed by atoms with Gasteiger partial charge in [-0.2, -0.15) is 0 Å². The number of nitrogens with one attached hydrogen (secondary N) is 1. The van der Waals surface area contributed by atoms with Crippen LogP contribution in [0.3, 0.4) is 0 Å². The highest BCUT2D eigenvalue weighted by Crippen LogP contribution is 2.28. The molecule has 0 atom stereocenters. The highest BCUT2D eigenvalue weighted by Gasteiger charge is 2.19. The number of carboxylic acid groups (broad SMARTS) is 1. The van der Waals surface area contributed by atoms with Crippen LogP contribution in [0.15, 0.2) is 28.7 Å².